The number of hydrogen-bond acceptors (Lipinski definition) is 6. The highest BCUT2D eigenvalue weighted by atomic mass is 32.1. The van der Waals surface area contributed by atoms with Crippen LogP contribution in [0.25, 0.3) is 0 Å². The number of hydrogen-bond donors (Lipinski definition) is 1. The van der Waals surface area contributed by atoms with Crippen molar-refractivity contribution in [3.05, 3.63) is 15.8 Å². The van der Waals surface area contributed by atoms with E-state index in [1.165, 1.54) is 11.3 Å². The Kier molecular flexibility index (Phi) is 4.19. The highest BCUT2D eigenvalue weighted by Gasteiger charge is 2.40. The van der Waals surface area contributed by atoms with E-state index < -0.39 is 0 Å². The van der Waals surface area contributed by atoms with Crippen LogP contribution in [-0.4, -0.2) is 37.5 Å². The Morgan fingerprint density at radius 2 is 2.19 bits per heavy atom. The third-order valence-electron chi connectivity index (χ3n) is 4.28. The number of thiophene rings is 1. The number of aryl methyl sites for hydroxylation is 1. The summed E-state index contributed by atoms with van der Waals surface area (Å²) in [5.74, 6) is -0.270. The average molecular weight is 311 g/mol. The number of nitrogens with two attached hydrogens (primary N) is 1. The van der Waals surface area contributed by atoms with Gasteiger partial charge in [-0.05, 0) is 25.8 Å². The predicted molar refractivity (Wildman–Crippen MR) is 80.6 cm³/mol. The number of ether oxygens (including phenoxy) is 3. The van der Waals surface area contributed by atoms with Crippen molar-refractivity contribution >= 4 is 23.0 Å². The number of carbonyl (C=O) groups excluding carboxylic acids is 1. The van der Waals surface area contributed by atoms with Crippen molar-refractivity contribution in [1.82, 2.24) is 0 Å². The lowest BCUT2D eigenvalue weighted by Crippen LogP contribution is -2.46. The number of anilines is 1. The third kappa shape index (κ3) is 3.22. The molecule has 0 saturated carbocycles. The van der Waals surface area contributed by atoms with Gasteiger partial charge in [0.2, 0.25) is 0 Å². The second-order valence-electron chi connectivity index (χ2n) is 5.79. The van der Waals surface area contributed by atoms with E-state index in [2.05, 4.69) is 0 Å². The molecule has 3 rings (SSSR count). The molecule has 2 aliphatic heterocycles. The van der Waals surface area contributed by atoms with Gasteiger partial charge in [-0.3, -0.25) is 0 Å². The number of nitrogen functional groups attached to an aromatic ring is 1. The molecule has 1 aromatic rings. The average Bonchev–Trinajstić information content (AvgIpc) is 2.80. The molecule has 1 spiro atoms. The summed E-state index contributed by atoms with van der Waals surface area (Å²) in [6.45, 7) is 3.99. The Morgan fingerprint density at radius 1 is 1.43 bits per heavy atom. The second kappa shape index (κ2) is 5.94. The van der Waals surface area contributed by atoms with E-state index in [9.17, 15) is 4.79 Å². The van der Waals surface area contributed by atoms with Crippen molar-refractivity contribution in [2.24, 2.45) is 0 Å². The molecule has 116 valence electrons. The van der Waals surface area contributed by atoms with Crippen molar-refractivity contribution < 1.29 is 19.0 Å². The molecule has 1 unspecified atom stereocenters. The normalized spacial score (nSPS) is 24.9. The maximum atomic E-state index is 12.2. The zero-order chi connectivity index (χ0) is 14.9. The minimum atomic E-state index is -0.270. The summed E-state index contributed by atoms with van der Waals surface area (Å²) < 4.78 is 17.0. The van der Waals surface area contributed by atoms with E-state index in [0.717, 1.165) is 43.8 Å². The molecule has 0 amide bonds. The Morgan fingerprint density at radius 3 is 2.86 bits per heavy atom. The van der Waals surface area contributed by atoms with Crippen LogP contribution in [0.4, 0.5) is 5.69 Å². The zero-order valence-corrected chi connectivity index (χ0v) is 13.0. The number of carbonyl (C=O) groups is 1. The van der Waals surface area contributed by atoms with Gasteiger partial charge in [0, 0.05) is 36.6 Å². The monoisotopic (exact) mass is 311 g/mol. The van der Waals surface area contributed by atoms with Gasteiger partial charge in [0.1, 0.15) is 11.0 Å². The minimum absolute atomic E-state index is 0.0759. The summed E-state index contributed by atoms with van der Waals surface area (Å²) >= 11 is 1.39. The molecule has 2 N–H and O–H groups in total. The molecular formula is C15H21NO4S. The van der Waals surface area contributed by atoms with Crippen molar-refractivity contribution in [2.45, 2.75) is 44.3 Å². The zero-order valence-electron chi connectivity index (χ0n) is 12.2. The highest BCUT2D eigenvalue weighted by molar-refractivity contribution is 7.14. The summed E-state index contributed by atoms with van der Waals surface area (Å²) in [5.41, 5.74) is 6.28. The molecule has 2 fully saturated rings. The van der Waals surface area contributed by atoms with Crippen LogP contribution in [0.5, 0.6) is 0 Å². The first-order valence-electron chi connectivity index (χ1n) is 7.37. The smallest absolute Gasteiger partial charge is 0.348 e. The maximum Gasteiger partial charge on any atom is 0.348 e. The quantitative estimate of drug-likeness (QED) is 0.850. The van der Waals surface area contributed by atoms with Crippen molar-refractivity contribution in [1.29, 1.82) is 0 Å². The topological polar surface area (TPSA) is 70.8 Å². The largest absolute Gasteiger partial charge is 0.458 e. The molecule has 0 aliphatic carbocycles. The fourth-order valence-electron chi connectivity index (χ4n) is 2.98. The SMILES string of the molecule is Cc1sc(C(=O)OC2CCOC3(CCOCC3)C2)cc1N. The van der Waals surface area contributed by atoms with E-state index in [-0.39, 0.29) is 17.7 Å². The van der Waals surface area contributed by atoms with Gasteiger partial charge in [-0.1, -0.05) is 0 Å². The van der Waals surface area contributed by atoms with Crippen molar-refractivity contribution in [3.63, 3.8) is 0 Å². The summed E-state index contributed by atoms with van der Waals surface area (Å²) in [6, 6.07) is 1.70. The van der Waals surface area contributed by atoms with Crippen molar-refractivity contribution in [2.75, 3.05) is 25.6 Å². The summed E-state index contributed by atoms with van der Waals surface area (Å²) in [4.78, 5) is 13.8. The number of rotatable bonds is 2. The minimum Gasteiger partial charge on any atom is -0.458 e. The van der Waals surface area contributed by atoms with E-state index in [4.69, 9.17) is 19.9 Å². The maximum absolute atomic E-state index is 12.2. The molecule has 0 aromatic carbocycles. The lowest BCUT2D eigenvalue weighted by molar-refractivity contribution is -0.160. The van der Waals surface area contributed by atoms with Crippen LogP contribution in [0, 0.1) is 6.92 Å². The molecule has 1 aromatic heterocycles. The van der Waals surface area contributed by atoms with Gasteiger partial charge in [-0.25, -0.2) is 4.79 Å². The Bertz CT molecular complexity index is 497. The van der Waals surface area contributed by atoms with Gasteiger partial charge in [-0.2, -0.15) is 0 Å². The van der Waals surface area contributed by atoms with Crippen LogP contribution in [0.3, 0.4) is 0 Å². The lowest BCUT2D eigenvalue weighted by atomic mass is 9.85. The van der Waals surface area contributed by atoms with Crippen LogP contribution in [-0.2, 0) is 14.2 Å². The van der Waals surface area contributed by atoms with Crippen LogP contribution in [0.2, 0.25) is 0 Å². The fraction of sp³-hybridized carbons (Fsp3) is 0.667. The van der Waals surface area contributed by atoms with E-state index in [0.29, 0.717) is 17.2 Å². The molecule has 3 heterocycles. The summed E-state index contributed by atoms with van der Waals surface area (Å²) in [5, 5.41) is 0. The second-order valence-corrected chi connectivity index (χ2v) is 7.04. The van der Waals surface area contributed by atoms with Gasteiger partial charge >= 0.3 is 5.97 Å². The first-order valence-corrected chi connectivity index (χ1v) is 8.18. The Labute approximate surface area is 128 Å². The van der Waals surface area contributed by atoms with Crippen LogP contribution in [0.15, 0.2) is 6.07 Å². The first kappa shape index (κ1) is 14.8. The predicted octanol–water partition coefficient (Wildman–Crippen LogP) is 2.52. The Balaban J connectivity index is 1.63. The lowest BCUT2D eigenvalue weighted by Gasteiger charge is -2.42. The fourth-order valence-corrected chi connectivity index (χ4v) is 3.81. The summed E-state index contributed by atoms with van der Waals surface area (Å²) in [7, 11) is 0. The van der Waals surface area contributed by atoms with E-state index in [1.807, 2.05) is 6.92 Å². The summed E-state index contributed by atoms with van der Waals surface area (Å²) in [6.07, 6.45) is 3.21. The van der Waals surface area contributed by atoms with Crippen LogP contribution < -0.4 is 5.73 Å². The molecule has 6 heteroatoms. The third-order valence-corrected chi connectivity index (χ3v) is 5.33. The molecule has 0 radical (unpaired) electrons. The van der Waals surface area contributed by atoms with Gasteiger partial charge in [0.25, 0.3) is 0 Å². The number of esters is 1. The van der Waals surface area contributed by atoms with Gasteiger partial charge in [-0.15, -0.1) is 11.3 Å². The van der Waals surface area contributed by atoms with Gasteiger partial charge in [0.15, 0.2) is 0 Å². The van der Waals surface area contributed by atoms with Gasteiger partial charge in [0.05, 0.1) is 12.2 Å². The molecule has 2 aliphatic rings. The van der Waals surface area contributed by atoms with Crippen LogP contribution >= 0.6 is 11.3 Å². The first-order chi connectivity index (χ1) is 10.1. The molecular weight excluding hydrogens is 290 g/mol. The van der Waals surface area contributed by atoms with Crippen molar-refractivity contribution in [3.8, 4) is 0 Å². The van der Waals surface area contributed by atoms with Crippen LogP contribution in [0.1, 0.15) is 40.2 Å². The molecule has 1 atom stereocenters. The molecule has 2 saturated heterocycles. The van der Waals surface area contributed by atoms with E-state index in [1.54, 1.807) is 6.07 Å². The molecule has 0 bridgehead atoms. The molecule has 5 nitrogen and oxygen atoms in total. The van der Waals surface area contributed by atoms with Gasteiger partial charge < -0.3 is 19.9 Å². The van der Waals surface area contributed by atoms with E-state index >= 15 is 0 Å². The standard InChI is InChI=1S/C15H21NO4S/c1-10-12(16)8-13(21-10)14(17)20-11-2-5-19-15(9-11)3-6-18-7-4-15/h8,11H,2-7,9,16H2,1H3. The Hall–Kier alpha value is -1.11. The highest BCUT2D eigenvalue weighted by Crippen LogP contribution is 2.36. The molecule has 21 heavy (non-hydrogen) atoms.